The van der Waals surface area contributed by atoms with Crippen LogP contribution in [0.4, 0.5) is 13.2 Å². The second kappa shape index (κ2) is 5.71. The van der Waals surface area contributed by atoms with Crippen LogP contribution in [0.15, 0.2) is 0 Å². The third-order valence-corrected chi connectivity index (χ3v) is 3.12. The van der Waals surface area contributed by atoms with Crippen molar-refractivity contribution in [3.63, 3.8) is 0 Å². The van der Waals surface area contributed by atoms with Crippen LogP contribution in [0.5, 0.6) is 0 Å². The highest BCUT2D eigenvalue weighted by Gasteiger charge is 2.31. The molecular weight excluding hydrogens is 235 g/mol. The zero-order valence-electron chi connectivity index (χ0n) is 9.83. The van der Waals surface area contributed by atoms with Crippen molar-refractivity contribution in [1.82, 2.24) is 4.90 Å². The molecule has 100 valence electrons. The Bertz CT molecular complexity index is 266. The molecule has 1 amide bonds. The highest BCUT2D eigenvalue weighted by Crippen LogP contribution is 2.24. The number of hydrogen-bond donors (Lipinski definition) is 1. The Morgan fingerprint density at radius 3 is 2.71 bits per heavy atom. The van der Waals surface area contributed by atoms with Gasteiger partial charge in [-0.3, -0.25) is 4.79 Å². The average Bonchev–Trinajstić information content (AvgIpc) is 2.25. The first-order valence-corrected chi connectivity index (χ1v) is 5.82. The molecular formula is C11H18F3NO2. The van der Waals surface area contributed by atoms with Gasteiger partial charge in [-0.2, -0.15) is 13.2 Å². The Kier molecular flexibility index (Phi) is 4.80. The lowest BCUT2D eigenvalue weighted by molar-refractivity contribution is -0.150. The van der Waals surface area contributed by atoms with E-state index in [2.05, 4.69) is 0 Å². The van der Waals surface area contributed by atoms with E-state index >= 15 is 0 Å². The molecule has 0 aromatic heterocycles. The minimum atomic E-state index is -4.28. The number of piperidine rings is 1. The summed E-state index contributed by atoms with van der Waals surface area (Å²) < 4.78 is 35.9. The molecule has 2 atom stereocenters. The standard InChI is InChI=1S/C11H18F3NO2/c1-8(16)9-3-2-6-15(7-9)10(17)4-5-11(12,13)14/h8-9,16H,2-7H2,1H3. The fourth-order valence-electron chi connectivity index (χ4n) is 2.04. The van der Waals surface area contributed by atoms with Crippen LogP contribution in [0.2, 0.25) is 0 Å². The largest absolute Gasteiger partial charge is 0.393 e. The summed E-state index contributed by atoms with van der Waals surface area (Å²) in [6.45, 7) is 2.52. The van der Waals surface area contributed by atoms with E-state index < -0.39 is 31.0 Å². The average molecular weight is 253 g/mol. The van der Waals surface area contributed by atoms with Crippen molar-refractivity contribution in [3.05, 3.63) is 0 Å². The molecule has 1 aliphatic rings. The van der Waals surface area contributed by atoms with Crippen molar-refractivity contribution in [1.29, 1.82) is 0 Å². The second-order valence-corrected chi connectivity index (χ2v) is 4.60. The monoisotopic (exact) mass is 253 g/mol. The van der Waals surface area contributed by atoms with Gasteiger partial charge in [0, 0.05) is 25.4 Å². The smallest absolute Gasteiger partial charge is 0.389 e. The molecule has 6 heteroatoms. The zero-order chi connectivity index (χ0) is 13.1. The maximum absolute atomic E-state index is 12.0. The Balaban J connectivity index is 2.41. The van der Waals surface area contributed by atoms with Gasteiger partial charge in [-0.05, 0) is 19.8 Å². The summed E-state index contributed by atoms with van der Waals surface area (Å²) in [5, 5.41) is 9.42. The van der Waals surface area contributed by atoms with E-state index in [1.807, 2.05) is 0 Å². The highest BCUT2D eigenvalue weighted by atomic mass is 19.4. The maximum Gasteiger partial charge on any atom is 0.389 e. The number of rotatable bonds is 3. The number of carbonyl (C=O) groups is 1. The van der Waals surface area contributed by atoms with Crippen molar-refractivity contribution in [2.45, 2.75) is 44.9 Å². The molecule has 17 heavy (non-hydrogen) atoms. The number of carbonyl (C=O) groups excluding carboxylic acids is 1. The molecule has 3 nitrogen and oxygen atoms in total. The van der Waals surface area contributed by atoms with Crippen molar-refractivity contribution < 1.29 is 23.1 Å². The molecule has 1 rings (SSSR count). The van der Waals surface area contributed by atoms with Crippen LogP contribution < -0.4 is 0 Å². The molecule has 0 spiro atoms. The fourth-order valence-corrected chi connectivity index (χ4v) is 2.04. The lowest BCUT2D eigenvalue weighted by Gasteiger charge is -2.34. The molecule has 0 aromatic rings. The number of amides is 1. The van der Waals surface area contributed by atoms with E-state index in [0.717, 1.165) is 12.8 Å². The van der Waals surface area contributed by atoms with Crippen molar-refractivity contribution in [2.24, 2.45) is 5.92 Å². The molecule has 1 fully saturated rings. The van der Waals surface area contributed by atoms with E-state index in [4.69, 9.17) is 0 Å². The van der Waals surface area contributed by atoms with Crippen LogP contribution in [-0.4, -0.2) is 41.3 Å². The summed E-state index contributed by atoms with van der Waals surface area (Å²) >= 11 is 0. The van der Waals surface area contributed by atoms with Gasteiger partial charge < -0.3 is 10.0 Å². The molecule has 1 heterocycles. The second-order valence-electron chi connectivity index (χ2n) is 4.60. The minimum Gasteiger partial charge on any atom is -0.393 e. The molecule has 0 radical (unpaired) electrons. The van der Waals surface area contributed by atoms with Crippen LogP contribution in [0, 0.1) is 5.92 Å². The third-order valence-electron chi connectivity index (χ3n) is 3.12. The van der Waals surface area contributed by atoms with Crippen molar-refractivity contribution in [2.75, 3.05) is 13.1 Å². The van der Waals surface area contributed by atoms with Crippen LogP contribution in [-0.2, 0) is 4.79 Å². The quantitative estimate of drug-likeness (QED) is 0.835. The fraction of sp³-hybridized carbons (Fsp3) is 0.909. The predicted molar refractivity (Wildman–Crippen MR) is 56.3 cm³/mol. The molecule has 0 saturated carbocycles. The first-order chi connectivity index (χ1) is 7.79. The van der Waals surface area contributed by atoms with Crippen LogP contribution in [0.25, 0.3) is 0 Å². The molecule has 1 aliphatic heterocycles. The maximum atomic E-state index is 12.0. The lowest BCUT2D eigenvalue weighted by Crippen LogP contribution is -2.43. The molecule has 2 unspecified atom stereocenters. The highest BCUT2D eigenvalue weighted by molar-refractivity contribution is 5.76. The number of likely N-dealkylation sites (tertiary alicyclic amines) is 1. The first kappa shape index (κ1) is 14.3. The summed E-state index contributed by atoms with van der Waals surface area (Å²) in [6.07, 6.45) is -4.80. The number of aliphatic hydroxyl groups excluding tert-OH is 1. The van der Waals surface area contributed by atoms with E-state index in [-0.39, 0.29) is 5.92 Å². The normalized spacial score (nSPS) is 23.6. The van der Waals surface area contributed by atoms with Gasteiger partial charge in [-0.25, -0.2) is 0 Å². The first-order valence-electron chi connectivity index (χ1n) is 5.82. The summed E-state index contributed by atoms with van der Waals surface area (Å²) in [5.41, 5.74) is 0. The molecule has 1 saturated heterocycles. The van der Waals surface area contributed by atoms with Gasteiger partial charge in [0.1, 0.15) is 0 Å². The molecule has 0 aromatic carbocycles. The number of hydrogen-bond acceptors (Lipinski definition) is 2. The molecule has 1 N–H and O–H groups in total. The predicted octanol–water partition coefficient (Wildman–Crippen LogP) is 1.95. The van der Waals surface area contributed by atoms with Gasteiger partial charge in [0.05, 0.1) is 12.5 Å². The third kappa shape index (κ3) is 4.93. The van der Waals surface area contributed by atoms with Crippen molar-refractivity contribution >= 4 is 5.91 Å². The molecule has 0 bridgehead atoms. The topological polar surface area (TPSA) is 40.5 Å². The number of aliphatic hydroxyl groups is 1. The Hall–Kier alpha value is -0.780. The lowest BCUT2D eigenvalue weighted by atomic mass is 9.93. The van der Waals surface area contributed by atoms with Crippen LogP contribution in [0.3, 0.4) is 0 Å². The summed E-state index contributed by atoms with van der Waals surface area (Å²) in [7, 11) is 0. The number of alkyl halides is 3. The summed E-state index contributed by atoms with van der Waals surface area (Å²) in [5.74, 6) is -0.480. The van der Waals surface area contributed by atoms with Crippen molar-refractivity contribution in [3.8, 4) is 0 Å². The van der Waals surface area contributed by atoms with Gasteiger partial charge in [0.25, 0.3) is 0 Å². The summed E-state index contributed by atoms with van der Waals surface area (Å²) in [6, 6.07) is 0. The number of halogens is 3. The van der Waals surface area contributed by atoms with Gasteiger partial charge in [-0.1, -0.05) is 0 Å². The zero-order valence-corrected chi connectivity index (χ0v) is 9.83. The Labute approximate surface area is 98.6 Å². The summed E-state index contributed by atoms with van der Waals surface area (Å²) in [4.78, 5) is 13.0. The van der Waals surface area contributed by atoms with Crippen LogP contribution in [0.1, 0.15) is 32.6 Å². The Morgan fingerprint density at radius 1 is 1.53 bits per heavy atom. The van der Waals surface area contributed by atoms with E-state index in [0.29, 0.717) is 13.1 Å². The minimum absolute atomic E-state index is 0.0152. The SMILES string of the molecule is CC(O)C1CCCN(C(=O)CCC(F)(F)F)C1. The van der Waals surface area contributed by atoms with E-state index in [1.54, 1.807) is 6.92 Å². The van der Waals surface area contributed by atoms with Gasteiger partial charge in [-0.15, -0.1) is 0 Å². The van der Waals surface area contributed by atoms with Crippen LogP contribution >= 0.6 is 0 Å². The Morgan fingerprint density at radius 2 is 2.18 bits per heavy atom. The van der Waals surface area contributed by atoms with Gasteiger partial charge in [0.15, 0.2) is 0 Å². The van der Waals surface area contributed by atoms with E-state index in [9.17, 15) is 23.1 Å². The van der Waals surface area contributed by atoms with E-state index in [1.165, 1.54) is 4.90 Å². The molecule has 0 aliphatic carbocycles. The number of nitrogens with zero attached hydrogens (tertiary/aromatic N) is 1. The van der Waals surface area contributed by atoms with Gasteiger partial charge >= 0.3 is 6.18 Å². The van der Waals surface area contributed by atoms with Gasteiger partial charge in [0.2, 0.25) is 5.91 Å².